The largest absolute Gasteiger partial charge is 0.493 e. The van der Waals surface area contributed by atoms with Crippen LogP contribution in [0, 0.1) is 0 Å². The molecule has 3 aromatic carbocycles. The Morgan fingerprint density at radius 1 is 0.889 bits per heavy atom. The summed E-state index contributed by atoms with van der Waals surface area (Å²) in [6.45, 7) is 1.41. The molecule has 1 aliphatic rings. The summed E-state index contributed by atoms with van der Waals surface area (Å²) in [5.74, 6) is 2.96. The van der Waals surface area contributed by atoms with E-state index in [0.29, 0.717) is 54.9 Å². The van der Waals surface area contributed by atoms with E-state index in [4.69, 9.17) is 23.7 Å². The van der Waals surface area contributed by atoms with Crippen LogP contribution in [0.15, 0.2) is 66.7 Å². The zero-order valence-electron chi connectivity index (χ0n) is 20.9. The Labute approximate surface area is 211 Å². The summed E-state index contributed by atoms with van der Waals surface area (Å²) in [5, 5.41) is 0. The number of fused-ring (bicyclic) bond motifs is 1. The van der Waals surface area contributed by atoms with Gasteiger partial charge in [0.05, 0.1) is 21.3 Å². The molecule has 0 fully saturated rings. The van der Waals surface area contributed by atoms with E-state index >= 15 is 0 Å². The number of aryl methyl sites for hydroxylation is 1. The highest BCUT2D eigenvalue weighted by Crippen LogP contribution is 2.40. The molecule has 1 amide bonds. The first-order valence-electron chi connectivity index (χ1n) is 11.8. The Morgan fingerprint density at radius 3 is 2.36 bits per heavy atom. The molecule has 188 valence electrons. The Bertz CT molecular complexity index is 1210. The lowest BCUT2D eigenvalue weighted by atomic mass is 10.1. The molecular weight excluding hydrogens is 458 g/mol. The van der Waals surface area contributed by atoms with Crippen molar-refractivity contribution in [2.45, 2.75) is 12.8 Å². The SMILES string of the molecule is COc1ccc(CCC(=O)N(CC=Cc2ccccc2)c2ccc3c(c2)OCCO3)c(OC)c1OC. The molecule has 0 spiro atoms. The van der Waals surface area contributed by atoms with Gasteiger partial charge in [-0.1, -0.05) is 48.6 Å². The van der Waals surface area contributed by atoms with Crippen LogP contribution in [0.1, 0.15) is 17.5 Å². The second kappa shape index (κ2) is 12.0. The number of nitrogens with zero attached hydrogens (tertiary/aromatic N) is 1. The van der Waals surface area contributed by atoms with E-state index in [-0.39, 0.29) is 12.3 Å². The van der Waals surface area contributed by atoms with Gasteiger partial charge in [-0.3, -0.25) is 4.79 Å². The Balaban J connectivity index is 1.56. The van der Waals surface area contributed by atoms with Crippen LogP contribution in [0.4, 0.5) is 5.69 Å². The van der Waals surface area contributed by atoms with Gasteiger partial charge < -0.3 is 28.6 Å². The minimum absolute atomic E-state index is 0.0266. The normalized spacial score (nSPS) is 12.3. The highest BCUT2D eigenvalue weighted by Gasteiger charge is 2.21. The van der Waals surface area contributed by atoms with Crippen molar-refractivity contribution < 1.29 is 28.5 Å². The molecule has 7 heteroatoms. The van der Waals surface area contributed by atoms with Gasteiger partial charge in [0, 0.05) is 24.7 Å². The number of benzene rings is 3. The molecule has 3 aromatic rings. The minimum atomic E-state index is -0.0266. The fourth-order valence-corrected chi connectivity index (χ4v) is 4.15. The Hall–Kier alpha value is -4.13. The number of carbonyl (C=O) groups excluding carboxylic acids is 1. The van der Waals surface area contributed by atoms with Gasteiger partial charge in [-0.15, -0.1) is 0 Å². The van der Waals surface area contributed by atoms with Crippen molar-refractivity contribution >= 4 is 17.7 Å². The molecule has 0 atom stereocenters. The molecule has 0 aromatic heterocycles. The number of carbonyl (C=O) groups is 1. The quantitative estimate of drug-likeness (QED) is 0.392. The van der Waals surface area contributed by atoms with E-state index in [1.54, 1.807) is 26.2 Å². The van der Waals surface area contributed by atoms with Gasteiger partial charge >= 0.3 is 0 Å². The van der Waals surface area contributed by atoms with Gasteiger partial charge in [-0.05, 0) is 35.7 Å². The molecule has 0 saturated heterocycles. The number of ether oxygens (including phenoxy) is 5. The minimum Gasteiger partial charge on any atom is -0.493 e. The first-order chi connectivity index (χ1) is 17.6. The lowest BCUT2D eigenvalue weighted by Gasteiger charge is -2.25. The number of methoxy groups -OCH3 is 3. The maximum Gasteiger partial charge on any atom is 0.227 e. The van der Waals surface area contributed by atoms with Crippen molar-refractivity contribution in [3.05, 3.63) is 77.9 Å². The van der Waals surface area contributed by atoms with E-state index in [2.05, 4.69) is 0 Å². The average molecular weight is 490 g/mol. The molecule has 0 radical (unpaired) electrons. The van der Waals surface area contributed by atoms with Gasteiger partial charge in [0.2, 0.25) is 11.7 Å². The summed E-state index contributed by atoms with van der Waals surface area (Å²) in [4.78, 5) is 15.3. The molecule has 0 unspecified atom stereocenters. The molecule has 1 heterocycles. The Morgan fingerprint density at radius 2 is 1.64 bits per heavy atom. The molecule has 1 aliphatic heterocycles. The zero-order valence-corrected chi connectivity index (χ0v) is 20.9. The van der Waals surface area contributed by atoms with E-state index in [0.717, 1.165) is 16.8 Å². The third-order valence-electron chi connectivity index (χ3n) is 5.93. The second-order valence-corrected chi connectivity index (χ2v) is 8.14. The second-order valence-electron chi connectivity index (χ2n) is 8.14. The van der Waals surface area contributed by atoms with Crippen LogP contribution in [0.5, 0.6) is 28.7 Å². The predicted molar refractivity (Wildman–Crippen MR) is 140 cm³/mol. The van der Waals surface area contributed by atoms with E-state index in [1.165, 1.54) is 0 Å². The number of hydrogen-bond acceptors (Lipinski definition) is 6. The maximum atomic E-state index is 13.5. The molecular formula is C29H31NO6. The van der Waals surface area contributed by atoms with E-state index in [1.807, 2.05) is 72.8 Å². The fraction of sp³-hybridized carbons (Fsp3) is 0.276. The lowest BCUT2D eigenvalue weighted by molar-refractivity contribution is -0.118. The smallest absolute Gasteiger partial charge is 0.227 e. The van der Waals surface area contributed by atoms with Crippen LogP contribution in [-0.4, -0.2) is 47.0 Å². The molecule has 7 nitrogen and oxygen atoms in total. The third-order valence-corrected chi connectivity index (χ3v) is 5.93. The van der Waals surface area contributed by atoms with E-state index in [9.17, 15) is 4.79 Å². The molecule has 0 aliphatic carbocycles. The van der Waals surface area contributed by atoms with E-state index < -0.39 is 0 Å². The number of rotatable bonds is 10. The first-order valence-corrected chi connectivity index (χ1v) is 11.8. The average Bonchev–Trinajstić information content (AvgIpc) is 2.93. The highest BCUT2D eigenvalue weighted by atomic mass is 16.6. The summed E-state index contributed by atoms with van der Waals surface area (Å²) in [7, 11) is 4.73. The Kier molecular flexibility index (Phi) is 8.34. The van der Waals surface area contributed by atoms with Crippen LogP contribution in [0.3, 0.4) is 0 Å². The van der Waals surface area contributed by atoms with Crippen LogP contribution >= 0.6 is 0 Å². The maximum absolute atomic E-state index is 13.5. The zero-order chi connectivity index (χ0) is 25.3. The van der Waals surface area contributed by atoms with Crippen molar-refractivity contribution in [3.63, 3.8) is 0 Å². The van der Waals surface area contributed by atoms with Gasteiger partial charge in [-0.25, -0.2) is 0 Å². The summed E-state index contributed by atoms with van der Waals surface area (Å²) >= 11 is 0. The molecule has 0 saturated carbocycles. The van der Waals surface area contributed by atoms with Crippen LogP contribution in [0.2, 0.25) is 0 Å². The van der Waals surface area contributed by atoms with Crippen LogP contribution in [-0.2, 0) is 11.2 Å². The summed E-state index contributed by atoms with van der Waals surface area (Å²) in [5.41, 5.74) is 2.69. The molecule has 36 heavy (non-hydrogen) atoms. The lowest BCUT2D eigenvalue weighted by Crippen LogP contribution is -2.31. The molecule has 4 rings (SSSR count). The predicted octanol–water partition coefficient (Wildman–Crippen LogP) is 5.16. The standard InChI is InChI=1S/C29H31NO6/c1-32-25-14-11-22(28(33-2)29(25)34-3)12-16-27(31)30(17-7-10-21-8-5-4-6-9-21)23-13-15-24-26(20-23)36-19-18-35-24/h4-11,13-15,20H,12,16-19H2,1-3H3. The van der Waals surface area contributed by atoms with Crippen molar-refractivity contribution in [2.75, 3.05) is 46.0 Å². The van der Waals surface area contributed by atoms with Gasteiger partial charge in [-0.2, -0.15) is 0 Å². The van der Waals surface area contributed by atoms with Crippen LogP contribution in [0.25, 0.3) is 6.08 Å². The van der Waals surface area contributed by atoms with Crippen molar-refractivity contribution in [1.82, 2.24) is 0 Å². The van der Waals surface area contributed by atoms with Gasteiger partial charge in [0.15, 0.2) is 23.0 Å². The number of hydrogen-bond donors (Lipinski definition) is 0. The van der Waals surface area contributed by atoms with Crippen molar-refractivity contribution in [1.29, 1.82) is 0 Å². The summed E-state index contributed by atoms with van der Waals surface area (Å²) < 4.78 is 27.9. The monoisotopic (exact) mass is 489 g/mol. The third kappa shape index (κ3) is 5.74. The summed E-state index contributed by atoms with van der Waals surface area (Å²) in [6, 6.07) is 19.3. The summed E-state index contributed by atoms with van der Waals surface area (Å²) in [6.07, 6.45) is 4.75. The first kappa shape index (κ1) is 25.0. The highest BCUT2D eigenvalue weighted by molar-refractivity contribution is 5.94. The van der Waals surface area contributed by atoms with Gasteiger partial charge in [0.25, 0.3) is 0 Å². The van der Waals surface area contributed by atoms with Crippen molar-refractivity contribution in [3.8, 4) is 28.7 Å². The van der Waals surface area contributed by atoms with Crippen molar-refractivity contribution in [2.24, 2.45) is 0 Å². The number of anilines is 1. The molecule has 0 bridgehead atoms. The molecule has 0 N–H and O–H groups in total. The topological polar surface area (TPSA) is 66.5 Å². The number of amides is 1. The van der Waals surface area contributed by atoms with Gasteiger partial charge in [0.1, 0.15) is 13.2 Å². The fourth-order valence-electron chi connectivity index (χ4n) is 4.15. The van der Waals surface area contributed by atoms with Crippen LogP contribution < -0.4 is 28.6 Å².